The highest BCUT2D eigenvalue weighted by Crippen LogP contribution is 2.48. The van der Waals surface area contributed by atoms with Gasteiger partial charge in [-0.05, 0) is 50.3 Å². The third-order valence-corrected chi connectivity index (χ3v) is 8.86. The van der Waals surface area contributed by atoms with E-state index in [0.717, 1.165) is 23.1 Å². The van der Waals surface area contributed by atoms with E-state index >= 15 is 0 Å². The lowest BCUT2D eigenvalue weighted by molar-refractivity contribution is -0.122. The summed E-state index contributed by atoms with van der Waals surface area (Å²) in [4.78, 5) is 38.1. The second-order valence-electron chi connectivity index (χ2n) is 12.2. The van der Waals surface area contributed by atoms with Crippen molar-refractivity contribution in [3.63, 3.8) is 0 Å². The molecule has 0 fully saturated rings. The van der Waals surface area contributed by atoms with Gasteiger partial charge in [0.2, 0.25) is 5.91 Å². The van der Waals surface area contributed by atoms with Crippen molar-refractivity contribution in [3.05, 3.63) is 108 Å². The molecule has 0 heterocycles. The molecule has 0 spiro atoms. The molecule has 0 bridgehead atoms. The molecule has 0 aliphatic heterocycles. The van der Waals surface area contributed by atoms with Crippen molar-refractivity contribution < 1.29 is 28.6 Å². The van der Waals surface area contributed by atoms with Crippen molar-refractivity contribution in [2.45, 2.75) is 69.8 Å². The van der Waals surface area contributed by atoms with Crippen LogP contribution < -0.4 is 10.6 Å². The number of nitrogens with one attached hydrogen (secondary N) is 2. The molecule has 0 saturated heterocycles. The smallest absolute Gasteiger partial charge is 0.408 e. The summed E-state index contributed by atoms with van der Waals surface area (Å²) in [6.45, 7) is 9.42. The zero-order valence-corrected chi connectivity index (χ0v) is 29.0. The second kappa shape index (κ2) is 19.9. The topological polar surface area (TPSA) is 103 Å². The Bertz CT molecular complexity index is 1250. The van der Waals surface area contributed by atoms with Crippen LogP contribution in [0.2, 0.25) is 0 Å². The van der Waals surface area contributed by atoms with Crippen molar-refractivity contribution in [1.29, 1.82) is 0 Å². The molecule has 0 saturated carbocycles. The highest BCUT2D eigenvalue weighted by molar-refractivity contribution is 8.00. The fourth-order valence-corrected chi connectivity index (χ4v) is 6.66. The van der Waals surface area contributed by atoms with Gasteiger partial charge < -0.3 is 24.8 Å². The number of carbonyl (C=O) groups excluding carboxylic acids is 3. The van der Waals surface area contributed by atoms with Crippen molar-refractivity contribution in [2.24, 2.45) is 0 Å². The second-order valence-corrected chi connectivity index (χ2v) is 13.4. The highest BCUT2D eigenvalue weighted by atomic mass is 32.2. The SMILES string of the molecule is CCCC(=O)NCCOCCOCCCC(=O)[C@H](CSC(c1ccccc1)(c1ccccc1)c1ccccc1)NC(=O)OC(C)(C)C. The average Bonchev–Trinajstić information content (AvgIpc) is 3.06. The minimum Gasteiger partial charge on any atom is -0.444 e. The first-order valence-electron chi connectivity index (χ1n) is 16.4. The fraction of sp³-hybridized carbons (Fsp3) is 0.447. The fourth-order valence-electron chi connectivity index (χ4n) is 5.06. The lowest BCUT2D eigenvalue weighted by atomic mass is 9.84. The molecular formula is C38H50N2O6S. The van der Waals surface area contributed by atoms with E-state index in [1.807, 2.05) is 61.5 Å². The lowest BCUT2D eigenvalue weighted by Gasteiger charge is -2.36. The summed E-state index contributed by atoms with van der Waals surface area (Å²) >= 11 is 1.62. The Morgan fingerprint density at radius 3 is 1.72 bits per heavy atom. The number of rotatable bonds is 20. The highest BCUT2D eigenvalue weighted by Gasteiger charge is 2.38. The van der Waals surface area contributed by atoms with Crippen LogP contribution >= 0.6 is 11.8 Å². The van der Waals surface area contributed by atoms with Gasteiger partial charge in [0.25, 0.3) is 0 Å². The summed E-state index contributed by atoms with van der Waals surface area (Å²) in [5, 5.41) is 5.68. The normalized spacial score (nSPS) is 12.3. The van der Waals surface area contributed by atoms with E-state index in [-0.39, 0.29) is 18.1 Å². The van der Waals surface area contributed by atoms with E-state index in [1.54, 1.807) is 32.5 Å². The summed E-state index contributed by atoms with van der Waals surface area (Å²) in [5.41, 5.74) is 2.52. The monoisotopic (exact) mass is 662 g/mol. The predicted octanol–water partition coefficient (Wildman–Crippen LogP) is 6.90. The van der Waals surface area contributed by atoms with Gasteiger partial charge in [0.05, 0.1) is 30.6 Å². The first-order valence-corrected chi connectivity index (χ1v) is 17.4. The number of hydrogen-bond acceptors (Lipinski definition) is 7. The van der Waals surface area contributed by atoms with E-state index in [0.29, 0.717) is 51.6 Å². The predicted molar refractivity (Wildman–Crippen MR) is 189 cm³/mol. The van der Waals surface area contributed by atoms with E-state index in [1.165, 1.54) is 0 Å². The van der Waals surface area contributed by atoms with Crippen LogP contribution in [0, 0.1) is 0 Å². The molecule has 3 aromatic carbocycles. The molecule has 0 aliphatic carbocycles. The molecule has 3 aromatic rings. The largest absolute Gasteiger partial charge is 0.444 e. The Balaban J connectivity index is 1.69. The van der Waals surface area contributed by atoms with Crippen molar-refractivity contribution in [2.75, 3.05) is 38.7 Å². The number of benzene rings is 3. The molecule has 0 aliphatic rings. The third kappa shape index (κ3) is 12.8. The van der Waals surface area contributed by atoms with Crippen molar-refractivity contribution >= 4 is 29.5 Å². The van der Waals surface area contributed by atoms with Gasteiger partial charge in [0.15, 0.2) is 5.78 Å². The van der Waals surface area contributed by atoms with Crippen LogP contribution in [0.4, 0.5) is 4.79 Å². The number of ether oxygens (including phenoxy) is 3. The van der Waals surface area contributed by atoms with Crippen LogP contribution in [-0.2, 0) is 28.5 Å². The molecular weight excluding hydrogens is 612 g/mol. The van der Waals surface area contributed by atoms with Crippen LogP contribution in [-0.4, -0.2) is 68.2 Å². The zero-order valence-electron chi connectivity index (χ0n) is 28.2. The first-order chi connectivity index (χ1) is 22.7. The number of Topliss-reactive ketones (excluding diaryl/α,β-unsaturated/α-hetero) is 1. The molecule has 0 unspecified atom stereocenters. The summed E-state index contributed by atoms with van der Waals surface area (Å²) in [6.07, 6.45) is 1.45. The molecule has 0 aromatic heterocycles. The van der Waals surface area contributed by atoms with Crippen LogP contribution in [0.1, 0.15) is 70.1 Å². The van der Waals surface area contributed by atoms with Crippen molar-refractivity contribution in [3.8, 4) is 0 Å². The number of amides is 2. The third-order valence-electron chi connectivity index (χ3n) is 7.22. The lowest BCUT2D eigenvalue weighted by Crippen LogP contribution is -2.46. The molecule has 47 heavy (non-hydrogen) atoms. The molecule has 2 N–H and O–H groups in total. The molecule has 9 heteroatoms. The summed E-state index contributed by atoms with van der Waals surface area (Å²) in [7, 11) is 0. The van der Waals surface area contributed by atoms with E-state index in [2.05, 4.69) is 47.0 Å². The van der Waals surface area contributed by atoms with Gasteiger partial charge in [-0.3, -0.25) is 9.59 Å². The Morgan fingerprint density at radius 2 is 1.23 bits per heavy atom. The number of ketones is 1. The van der Waals surface area contributed by atoms with Crippen LogP contribution in [0.5, 0.6) is 0 Å². The number of carbonyl (C=O) groups is 3. The molecule has 1 atom stereocenters. The molecule has 3 rings (SSSR count). The molecule has 254 valence electrons. The zero-order chi connectivity index (χ0) is 34.0. The van der Waals surface area contributed by atoms with Crippen LogP contribution in [0.15, 0.2) is 91.0 Å². The maximum absolute atomic E-state index is 13.7. The van der Waals surface area contributed by atoms with Crippen LogP contribution in [0.3, 0.4) is 0 Å². The minimum absolute atomic E-state index is 0.0285. The standard InChI is InChI=1S/C38H50N2O6S/c1-5-16-35(42)39-24-26-45-28-27-44-25-15-23-34(41)33(40-36(43)46-37(2,3)4)29-47-38(30-17-9-6-10-18-30,31-19-11-7-12-20-31)32-21-13-8-14-22-32/h6-14,17-22,33H,5,15-16,23-29H2,1-4H3,(H,39,42)(H,40,43)/t33-/m0/s1. The quantitative estimate of drug-likeness (QED) is 0.100. The summed E-state index contributed by atoms with van der Waals surface area (Å²) in [6, 6.07) is 30.0. The maximum Gasteiger partial charge on any atom is 0.408 e. The number of hydrogen-bond donors (Lipinski definition) is 2. The van der Waals surface area contributed by atoms with E-state index in [4.69, 9.17) is 14.2 Å². The maximum atomic E-state index is 13.7. The first kappa shape index (κ1) is 37.8. The van der Waals surface area contributed by atoms with Gasteiger partial charge >= 0.3 is 6.09 Å². The van der Waals surface area contributed by atoms with Crippen LogP contribution in [0.25, 0.3) is 0 Å². The van der Waals surface area contributed by atoms with Gasteiger partial charge in [-0.1, -0.05) is 97.9 Å². The Kier molecular flexibility index (Phi) is 16.0. The molecule has 2 amide bonds. The van der Waals surface area contributed by atoms with Gasteiger partial charge in [-0.15, -0.1) is 11.8 Å². The summed E-state index contributed by atoms with van der Waals surface area (Å²) in [5.74, 6) is 0.259. The molecule has 8 nitrogen and oxygen atoms in total. The van der Waals surface area contributed by atoms with Crippen molar-refractivity contribution in [1.82, 2.24) is 10.6 Å². The van der Waals surface area contributed by atoms with E-state index in [9.17, 15) is 14.4 Å². The van der Waals surface area contributed by atoms with Gasteiger partial charge in [-0.25, -0.2) is 4.79 Å². The Hall–Kier alpha value is -3.66. The molecule has 0 radical (unpaired) electrons. The average molecular weight is 663 g/mol. The van der Waals surface area contributed by atoms with E-state index < -0.39 is 22.5 Å². The Morgan fingerprint density at radius 1 is 0.723 bits per heavy atom. The van der Waals surface area contributed by atoms with Gasteiger partial charge in [0, 0.05) is 31.7 Å². The summed E-state index contributed by atoms with van der Waals surface area (Å²) < 4.78 is 16.1. The number of alkyl carbamates (subject to hydrolysis) is 1. The Labute approximate surface area is 284 Å². The number of thioether (sulfide) groups is 1. The van der Waals surface area contributed by atoms with Gasteiger partial charge in [-0.2, -0.15) is 0 Å². The minimum atomic E-state index is -0.781. The van der Waals surface area contributed by atoms with Gasteiger partial charge in [0.1, 0.15) is 5.60 Å².